The number of hydrogen-bond donors (Lipinski definition) is 1. The Bertz CT molecular complexity index is 409. The Morgan fingerprint density at radius 1 is 1.41 bits per heavy atom. The number of nitrogens with zero attached hydrogens (tertiary/aromatic N) is 4. The van der Waals surface area contributed by atoms with E-state index < -0.39 is 0 Å². The van der Waals surface area contributed by atoms with Gasteiger partial charge in [-0.1, -0.05) is 13.8 Å². The number of carbonyl (C=O) groups is 1. The number of aromatic nitrogens is 3. The van der Waals surface area contributed by atoms with Crippen LogP contribution in [0.5, 0.6) is 0 Å². The number of nitrogens with two attached hydrogens (primary N) is 1. The molecule has 2 heterocycles. The Labute approximate surface area is 99.5 Å². The molecule has 1 fully saturated rings. The third-order valence-corrected chi connectivity index (χ3v) is 2.62. The molecule has 7 heteroatoms. The minimum Gasteiger partial charge on any atom is -0.378 e. The van der Waals surface area contributed by atoms with E-state index in [0.29, 0.717) is 19.2 Å². The molecule has 0 amide bonds. The van der Waals surface area contributed by atoms with E-state index in [-0.39, 0.29) is 17.8 Å². The van der Waals surface area contributed by atoms with Gasteiger partial charge in [0.25, 0.3) is 5.91 Å². The molecule has 94 valence electrons. The molecule has 1 saturated heterocycles. The van der Waals surface area contributed by atoms with Gasteiger partial charge in [0.05, 0.1) is 13.2 Å². The van der Waals surface area contributed by atoms with Crippen molar-refractivity contribution in [3.05, 3.63) is 0 Å². The molecule has 0 spiro atoms. The molecule has 1 aromatic heterocycles. The largest absolute Gasteiger partial charge is 0.378 e. The summed E-state index contributed by atoms with van der Waals surface area (Å²) in [5.41, 5.74) is 5.70. The van der Waals surface area contributed by atoms with E-state index in [4.69, 9.17) is 10.5 Å². The van der Waals surface area contributed by atoms with Gasteiger partial charge in [0, 0.05) is 19.0 Å². The maximum atomic E-state index is 11.8. The van der Waals surface area contributed by atoms with Crippen LogP contribution in [0.3, 0.4) is 0 Å². The molecule has 0 bridgehead atoms. The normalized spacial score (nSPS) is 16.5. The predicted octanol–water partition coefficient (Wildman–Crippen LogP) is -0.00690. The van der Waals surface area contributed by atoms with Crippen molar-refractivity contribution in [1.29, 1.82) is 0 Å². The fourth-order valence-corrected chi connectivity index (χ4v) is 1.62. The first kappa shape index (κ1) is 11.8. The van der Waals surface area contributed by atoms with Crippen LogP contribution in [0.15, 0.2) is 0 Å². The highest BCUT2D eigenvalue weighted by atomic mass is 16.5. The molecular formula is C10H17N5O2. The highest BCUT2D eigenvalue weighted by molar-refractivity contribution is 5.82. The smallest absolute Gasteiger partial charge is 0.252 e. The summed E-state index contributed by atoms with van der Waals surface area (Å²) in [5, 5.41) is 4.16. The Balaban J connectivity index is 2.20. The molecule has 0 saturated carbocycles. The number of hydrogen-bond acceptors (Lipinski definition) is 6. The van der Waals surface area contributed by atoms with Crippen LogP contribution < -0.4 is 10.6 Å². The lowest BCUT2D eigenvalue weighted by Gasteiger charge is -2.25. The molecule has 17 heavy (non-hydrogen) atoms. The number of rotatable bonds is 2. The van der Waals surface area contributed by atoms with Gasteiger partial charge in [0.15, 0.2) is 0 Å². The van der Waals surface area contributed by atoms with Crippen LogP contribution in [-0.4, -0.2) is 47.0 Å². The summed E-state index contributed by atoms with van der Waals surface area (Å²) in [6, 6.07) is 0. The second kappa shape index (κ2) is 4.70. The molecule has 2 N–H and O–H groups in total. The molecule has 1 aromatic rings. The van der Waals surface area contributed by atoms with E-state index in [9.17, 15) is 4.79 Å². The highest BCUT2D eigenvalue weighted by Gasteiger charge is 2.21. The second-order valence-electron chi connectivity index (χ2n) is 4.27. The molecule has 0 atom stereocenters. The molecule has 0 aromatic carbocycles. The topological polar surface area (TPSA) is 86.3 Å². The molecule has 1 aliphatic heterocycles. The van der Waals surface area contributed by atoms with Crippen molar-refractivity contribution in [3.8, 4) is 0 Å². The SMILES string of the molecule is CC(C)C(=O)n1nc(N2CCOCC2)nc1N. The molecular weight excluding hydrogens is 222 g/mol. The minimum absolute atomic E-state index is 0.144. The Kier molecular flexibility index (Phi) is 3.28. The van der Waals surface area contributed by atoms with Gasteiger partial charge in [0.1, 0.15) is 0 Å². The summed E-state index contributed by atoms with van der Waals surface area (Å²) in [5.74, 6) is 0.344. The molecule has 0 aliphatic carbocycles. The van der Waals surface area contributed by atoms with Gasteiger partial charge in [0.2, 0.25) is 11.9 Å². The molecule has 0 unspecified atom stereocenters. The quantitative estimate of drug-likeness (QED) is 0.781. The number of nitrogen functional groups attached to an aromatic ring is 1. The van der Waals surface area contributed by atoms with Gasteiger partial charge in [-0.2, -0.15) is 9.67 Å². The van der Waals surface area contributed by atoms with Crippen LogP contribution in [0.4, 0.5) is 11.9 Å². The van der Waals surface area contributed by atoms with Gasteiger partial charge in [-0.3, -0.25) is 4.79 Å². The van der Waals surface area contributed by atoms with Crippen molar-refractivity contribution in [2.75, 3.05) is 36.9 Å². The van der Waals surface area contributed by atoms with Crippen LogP contribution in [0.1, 0.15) is 18.6 Å². The van der Waals surface area contributed by atoms with Gasteiger partial charge in [-0.15, -0.1) is 5.10 Å². The third kappa shape index (κ3) is 2.38. The van der Waals surface area contributed by atoms with Crippen LogP contribution in [-0.2, 0) is 4.74 Å². The van der Waals surface area contributed by atoms with E-state index in [2.05, 4.69) is 10.1 Å². The molecule has 0 radical (unpaired) electrons. The minimum atomic E-state index is -0.156. The van der Waals surface area contributed by atoms with Crippen molar-refractivity contribution < 1.29 is 9.53 Å². The van der Waals surface area contributed by atoms with Crippen molar-refractivity contribution >= 4 is 17.8 Å². The summed E-state index contributed by atoms with van der Waals surface area (Å²) in [7, 11) is 0. The lowest BCUT2D eigenvalue weighted by atomic mass is 10.2. The maximum absolute atomic E-state index is 11.8. The van der Waals surface area contributed by atoms with Gasteiger partial charge in [-0.05, 0) is 0 Å². The zero-order valence-electron chi connectivity index (χ0n) is 10.1. The summed E-state index contributed by atoms with van der Waals surface area (Å²) >= 11 is 0. The summed E-state index contributed by atoms with van der Waals surface area (Å²) < 4.78 is 6.42. The fourth-order valence-electron chi connectivity index (χ4n) is 1.62. The number of ether oxygens (including phenoxy) is 1. The molecule has 7 nitrogen and oxygen atoms in total. The lowest BCUT2D eigenvalue weighted by Crippen LogP contribution is -2.37. The standard InChI is InChI=1S/C10H17N5O2/c1-7(2)8(16)15-9(11)12-10(13-15)14-3-5-17-6-4-14/h7H,3-6H2,1-2H3,(H2,11,12,13). The number of carbonyl (C=O) groups excluding carboxylic acids is 1. The van der Waals surface area contributed by atoms with E-state index in [1.54, 1.807) is 13.8 Å². The Morgan fingerprint density at radius 3 is 2.65 bits per heavy atom. The fraction of sp³-hybridized carbons (Fsp3) is 0.700. The average Bonchev–Trinajstić information content (AvgIpc) is 2.71. The average molecular weight is 239 g/mol. The first-order chi connectivity index (χ1) is 8.09. The summed E-state index contributed by atoms with van der Waals surface area (Å²) in [6.07, 6.45) is 0. The van der Waals surface area contributed by atoms with Gasteiger partial charge < -0.3 is 15.4 Å². The number of anilines is 2. The zero-order valence-corrected chi connectivity index (χ0v) is 10.1. The van der Waals surface area contributed by atoms with Crippen LogP contribution in [0.25, 0.3) is 0 Å². The molecule has 1 aliphatic rings. The first-order valence-corrected chi connectivity index (χ1v) is 5.69. The lowest BCUT2D eigenvalue weighted by molar-refractivity contribution is 0.0841. The van der Waals surface area contributed by atoms with Crippen LogP contribution >= 0.6 is 0 Å². The maximum Gasteiger partial charge on any atom is 0.252 e. The van der Waals surface area contributed by atoms with Gasteiger partial charge in [-0.25, -0.2) is 0 Å². The van der Waals surface area contributed by atoms with E-state index in [0.717, 1.165) is 13.1 Å². The zero-order chi connectivity index (χ0) is 12.4. The van der Waals surface area contributed by atoms with Gasteiger partial charge >= 0.3 is 0 Å². The number of morpholine rings is 1. The summed E-state index contributed by atoms with van der Waals surface area (Å²) in [4.78, 5) is 17.9. The highest BCUT2D eigenvalue weighted by Crippen LogP contribution is 2.14. The van der Waals surface area contributed by atoms with Crippen molar-refractivity contribution in [2.24, 2.45) is 5.92 Å². The van der Waals surface area contributed by atoms with Crippen molar-refractivity contribution in [3.63, 3.8) is 0 Å². The summed E-state index contributed by atoms with van der Waals surface area (Å²) in [6.45, 7) is 6.34. The van der Waals surface area contributed by atoms with Crippen LogP contribution in [0, 0.1) is 5.92 Å². The first-order valence-electron chi connectivity index (χ1n) is 5.69. The van der Waals surface area contributed by atoms with Crippen molar-refractivity contribution in [1.82, 2.24) is 14.8 Å². The van der Waals surface area contributed by atoms with E-state index in [1.807, 2.05) is 4.90 Å². The molecule has 2 rings (SSSR count). The van der Waals surface area contributed by atoms with E-state index in [1.165, 1.54) is 4.68 Å². The Morgan fingerprint density at radius 2 is 2.06 bits per heavy atom. The monoisotopic (exact) mass is 239 g/mol. The third-order valence-electron chi connectivity index (χ3n) is 2.62. The van der Waals surface area contributed by atoms with Crippen LogP contribution in [0.2, 0.25) is 0 Å². The van der Waals surface area contributed by atoms with Crippen molar-refractivity contribution in [2.45, 2.75) is 13.8 Å². The second-order valence-corrected chi connectivity index (χ2v) is 4.27. The predicted molar refractivity (Wildman–Crippen MR) is 62.9 cm³/mol. The Hall–Kier alpha value is -1.63. The van der Waals surface area contributed by atoms with E-state index >= 15 is 0 Å².